The molecule has 0 saturated carbocycles. The van der Waals surface area contributed by atoms with Crippen molar-refractivity contribution >= 4 is 0 Å². The van der Waals surface area contributed by atoms with E-state index in [1.165, 1.54) is 18.2 Å². The maximum Gasteiger partial charge on any atom is 0.125 e. The molecule has 0 unspecified atom stereocenters. The molecule has 102 valence electrons. The van der Waals surface area contributed by atoms with Gasteiger partial charge in [-0.05, 0) is 32.0 Å². The van der Waals surface area contributed by atoms with Crippen molar-refractivity contribution in [2.24, 2.45) is 0 Å². The third-order valence-electron chi connectivity index (χ3n) is 2.83. The van der Waals surface area contributed by atoms with E-state index in [1.807, 2.05) is 13.1 Å². The van der Waals surface area contributed by atoms with Crippen LogP contribution in [0.15, 0.2) is 30.6 Å². The van der Waals surface area contributed by atoms with Crippen molar-refractivity contribution in [3.8, 4) is 5.75 Å². The fourth-order valence-electron chi connectivity index (χ4n) is 1.79. The minimum absolute atomic E-state index is 0.339. The molecule has 1 heterocycles. The smallest absolute Gasteiger partial charge is 0.125 e. The number of ether oxygens (including phenoxy) is 1. The van der Waals surface area contributed by atoms with Gasteiger partial charge in [0.15, 0.2) is 0 Å². The molecule has 0 radical (unpaired) electrons. The van der Waals surface area contributed by atoms with E-state index >= 15 is 0 Å². The number of aliphatic hydroxyl groups excluding tert-OH is 1. The number of benzene rings is 1. The quantitative estimate of drug-likeness (QED) is 0.903. The summed E-state index contributed by atoms with van der Waals surface area (Å²) in [5, 5.41) is 13.8. The van der Waals surface area contributed by atoms with Crippen molar-refractivity contribution in [2.75, 3.05) is 0 Å². The van der Waals surface area contributed by atoms with Gasteiger partial charge in [0.1, 0.15) is 18.2 Å². The molecule has 0 spiro atoms. The van der Waals surface area contributed by atoms with Gasteiger partial charge < -0.3 is 9.84 Å². The SMILES string of the molecule is CCn1cc(COc2ccc(F)cc2[C@@H](C)O)cn1. The van der Waals surface area contributed by atoms with Crippen LogP contribution in [0.25, 0.3) is 0 Å². The van der Waals surface area contributed by atoms with Crippen LogP contribution in [-0.2, 0) is 13.2 Å². The predicted octanol–water partition coefficient (Wildman–Crippen LogP) is 2.67. The van der Waals surface area contributed by atoms with Crippen molar-refractivity contribution in [1.29, 1.82) is 0 Å². The molecule has 4 nitrogen and oxygen atoms in total. The van der Waals surface area contributed by atoms with Crippen LogP contribution in [0.3, 0.4) is 0 Å². The molecule has 0 fully saturated rings. The molecule has 0 aliphatic rings. The Morgan fingerprint density at radius 1 is 1.47 bits per heavy atom. The first-order chi connectivity index (χ1) is 9.10. The van der Waals surface area contributed by atoms with Gasteiger partial charge in [-0.15, -0.1) is 0 Å². The van der Waals surface area contributed by atoms with Crippen molar-refractivity contribution in [1.82, 2.24) is 9.78 Å². The zero-order valence-corrected chi connectivity index (χ0v) is 11.0. The van der Waals surface area contributed by atoms with Crippen LogP contribution >= 0.6 is 0 Å². The lowest BCUT2D eigenvalue weighted by Crippen LogP contribution is -2.01. The van der Waals surface area contributed by atoms with Gasteiger partial charge in [0, 0.05) is 23.9 Å². The van der Waals surface area contributed by atoms with Crippen LogP contribution in [0.4, 0.5) is 4.39 Å². The first-order valence-electron chi connectivity index (χ1n) is 6.21. The van der Waals surface area contributed by atoms with Gasteiger partial charge in [0.2, 0.25) is 0 Å². The second kappa shape index (κ2) is 5.84. The summed E-state index contributed by atoms with van der Waals surface area (Å²) in [6.07, 6.45) is 2.85. The molecule has 1 atom stereocenters. The Morgan fingerprint density at radius 3 is 2.89 bits per heavy atom. The Morgan fingerprint density at radius 2 is 2.26 bits per heavy atom. The summed E-state index contributed by atoms with van der Waals surface area (Å²) in [5.41, 5.74) is 1.38. The van der Waals surface area contributed by atoms with Gasteiger partial charge in [-0.1, -0.05) is 0 Å². The molecule has 5 heteroatoms. The molecule has 0 aliphatic heterocycles. The molecule has 0 amide bonds. The van der Waals surface area contributed by atoms with Gasteiger partial charge in [0.25, 0.3) is 0 Å². The van der Waals surface area contributed by atoms with E-state index in [9.17, 15) is 9.50 Å². The Bertz CT molecular complexity index is 552. The lowest BCUT2D eigenvalue weighted by atomic mass is 10.1. The molecule has 0 saturated heterocycles. The summed E-state index contributed by atoms with van der Waals surface area (Å²) in [7, 11) is 0. The fraction of sp³-hybridized carbons (Fsp3) is 0.357. The Hall–Kier alpha value is -1.88. The number of rotatable bonds is 5. The molecule has 2 rings (SSSR count). The van der Waals surface area contributed by atoms with Gasteiger partial charge in [-0.2, -0.15) is 5.10 Å². The maximum absolute atomic E-state index is 13.1. The van der Waals surface area contributed by atoms with Crippen LogP contribution in [0, 0.1) is 5.82 Å². The van der Waals surface area contributed by atoms with E-state index in [0.717, 1.165) is 12.1 Å². The van der Waals surface area contributed by atoms with E-state index in [2.05, 4.69) is 5.10 Å². The average molecular weight is 264 g/mol. The van der Waals surface area contributed by atoms with Crippen molar-refractivity contribution in [3.05, 3.63) is 47.5 Å². The van der Waals surface area contributed by atoms with E-state index in [-0.39, 0.29) is 5.82 Å². The number of aryl methyl sites for hydroxylation is 1. The predicted molar refractivity (Wildman–Crippen MR) is 69.3 cm³/mol. The molecule has 0 bridgehead atoms. The molecule has 2 aromatic rings. The standard InChI is InChI=1S/C14H17FN2O2/c1-3-17-8-11(7-16-17)9-19-14-5-4-12(15)6-13(14)10(2)18/h4-8,10,18H,3,9H2,1-2H3/t10-/m1/s1. The lowest BCUT2D eigenvalue weighted by molar-refractivity contribution is 0.189. The Kier molecular flexibility index (Phi) is 4.16. The van der Waals surface area contributed by atoms with Crippen LogP contribution in [-0.4, -0.2) is 14.9 Å². The summed E-state index contributed by atoms with van der Waals surface area (Å²) in [6, 6.07) is 4.13. The summed E-state index contributed by atoms with van der Waals surface area (Å²) in [6.45, 7) is 4.72. The normalized spacial score (nSPS) is 12.4. The van der Waals surface area contributed by atoms with Crippen LogP contribution < -0.4 is 4.74 Å². The molecule has 1 aromatic carbocycles. The zero-order chi connectivity index (χ0) is 13.8. The monoisotopic (exact) mass is 264 g/mol. The van der Waals surface area contributed by atoms with Crippen LogP contribution in [0.5, 0.6) is 5.75 Å². The van der Waals surface area contributed by atoms with Gasteiger partial charge in [-0.3, -0.25) is 4.68 Å². The van der Waals surface area contributed by atoms with Gasteiger partial charge >= 0.3 is 0 Å². The van der Waals surface area contributed by atoms with Crippen LogP contribution in [0.1, 0.15) is 31.1 Å². The van der Waals surface area contributed by atoms with E-state index in [1.54, 1.807) is 17.8 Å². The minimum atomic E-state index is -0.774. The third-order valence-corrected chi connectivity index (χ3v) is 2.83. The van der Waals surface area contributed by atoms with Crippen molar-refractivity contribution in [2.45, 2.75) is 33.1 Å². The first kappa shape index (κ1) is 13.5. The highest BCUT2D eigenvalue weighted by atomic mass is 19.1. The summed E-state index contributed by atoms with van der Waals surface area (Å²) in [4.78, 5) is 0. The largest absolute Gasteiger partial charge is 0.488 e. The zero-order valence-electron chi connectivity index (χ0n) is 11.0. The summed E-state index contributed by atoms with van der Waals surface area (Å²) < 4.78 is 20.6. The fourth-order valence-corrected chi connectivity index (χ4v) is 1.79. The molecule has 19 heavy (non-hydrogen) atoms. The number of nitrogens with zero attached hydrogens (tertiary/aromatic N) is 2. The molecule has 1 aromatic heterocycles. The average Bonchev–Trinajstić information content (AvgIpc) is 2.85. The topological polar surface area (TPSA) is 47.3 Å². The summed E-state index contributed by atoms with van der Waals surface area (Å²) in [5.74, 6) is 0.0997. The summed E-state index contributed by atoms with van der Waals surface area (Å²) >= 11 is 0. The van der Waals surface area contributed by atoms with Gasteiger partial charge in [-0.25, -0.2) is 4.39 Å². The number of aromatic nitrogens is 2. The van der Waals surface area contributed by atoms with E-state index in [0.29, 0.717) is 17.9 Å². The van der Waals surface area contributed by atoms with E-state index < -0.39 is 6.10 Å². The number of hydrogen-bond acceptors (Lipinski definition) is 3. The number of aliphatic hydroxyl groups is 1. The highest BCUT2D eigenvalue weighted by molar-refractivity contribution is 5.35. The Labute approximate surface area is 111 Å². The van der Waals surface area contributed by atoms with Crippen molar-refractivity contribution < 1.29 is 14.2 Å². The molecular formula is C14H17FN2O2. The minimum Gasteiger partial charge on any atom is -0.488 e. The number of halogens is 1. The lowest BCUT2D eigenvalue weighted by Gasteiger charge is -2.12. The Balaban J connectivity index is 2.10. The molecule has 0 aliphatic carbocycles. The molecular weight excluding hydrogens is 247 g/mol. The first-order valence-corrected chi connectivity index (χ1v) is 6.21. The number of hydrogen-bond donors (Lipinski definition) is 1. The maximum atomic E-state index is 13.1. The van der Waals surface area contributed by atoms with Crippen molar-refractivity contribution in [3.63, 3.8) is 0 Å². The third kappa shape index (κ3) is 3.32. The van der Waals surface area contributed by atoms with E-state index in [4.69, 9.17) is 4.74 Å². The highest BCUT2D eigenvalue weighted by Gasteiger charge is 2.11. The second-order valence-corrected chi connectivity index (χ2v) is 4.35. The van der Waals surface area contributed by atoms with Crippen LogP contribution in [0.2, 0.25) is 0 Å². The molecule has 1 N–H and O–H groups in total. The highest BCUT2D eigenvalue weighted by Crippen LogP contribution is 2.26. The van der Waals surface area contributed by atoms with Gasteiger partial charge in [0.05, 0.1) is 12.3 Å². The second-order valence-electron chi connectivity index (χ2n) is 4.35.